The Balaban J connectivity index is 1.35. The number of anilines is 3. The predicted molar refractivity (Wildman–Crippen MR) is 122 cm³/mol. The van der Waals surface area contributed by atoms with Crippen LogP contribution >= 0.6 is 23.2 Å². The van der Waals surface area contributed by atoms with Crippen molar-refractivity contribution in [2.75, 3.05) is 28.6 Å². The molecule has 3 aromatic carbocycles. The first kappa shape index (κ1) is 20.3. The minimum atomic E-state index is -0.256. The Labute approximate surface area is 184 Å². The summed E-state index contributed by atoms with van der Waals surface area (Å²) in [6.07, 6.45) is 0.868. The van der Waals surface area contributed by atoms with Crippen molar-refractivity contribution in [1.29, 1.82) is 0 Å². The number of carbonyl (C=O) groups is 2. The van der Waals surface area contributed by atoms with Gasteiger partial charge in [-0.1, -0.05) is 41.4 Å². The van der Waals surface area contributed by atoms with E-state index < -0.39 is 0 Å². The Bertz CT molecular complexity index is 1100. The van der Waals surface area contributed by atoms with E-state index in [2.05, 4.69) is 16.7 Å². The summed E-state index contributed by atoms with van der Waals surface area (Å²) >= 11 is 12.0. The first-order chi connectivity index (χ1) is 14.5. The molecule has 0 unspecified atom stereocenters. The monoisotopic (exact) mass is 439 g/mol. The SMILES string of the molecule is O=C(CNc1ccc(C(=O)N2CCc3ccccc32)cc1)Nc1cc(Cl)ccc1Cl. The molecular formula is C23H19Cl2N3O2. The maximum absolute atomic E-state index is 12.9. The summed E-state index contributed by atoms with van der Waals surface area (Å²) in [6, 6.07) is 19.9. The van der Waals surface area contributed by atoms with Crippen molar-refractivity contribution in [3.63, 3.8) is 0 Å². The minimum Gasteiger partial charge on any atom is -0.376 e. The van der Waals surface area contributed by atoms with Gasteiger partial charge >= 0.3 is 0 Å². The lowest BCUT2D eigenvalue weighted by Gasteiger charge is -2.17. The Kier molecular flexibility index (Phi) is 5.93. The lowest BCUT2D eigenvalue weighted by atomic mass is 10.1. The summed E-state index contributed by atoms with van der Waals surface area (Å²) < 4.78 is 0. The van der Waals surface area contributed by atoms with Gasteiger partial charge in [0.15, 0.2) is 0 Å². The highest BCUT2D eigenvalue weighted by molar-refractivity contribution is 6.35. The molecule has 0 saturated heterocycles. The quantitative estimate of drug-likeness (QED) is 0.570. The zero-order valence-corrected chi connectivity index (χ0v) is 17.5. The topological polar surface area (TPSA) is 61.4 Å². The highest BCUT2D eigenvalue weighted by Crippen LogP contribution is 2.29. The third-order valence-electron chi connectivity index (χ3n) is 4.92. The summed E-state index contributed by atoms with van der Waals surface area (Å²) in [5, 5.41) is 6.66. The van der Waals surface area contributed by atoms with Gasteiger partial charge in [0.05, 0.1) is 17.3 Å². The molecule has 4 rings (SSSR count). The van der Waals surface area contributed by atoms with Crippen molar-refractivity contribution in [2.24, 2.45) is 0 Å². The highest BCUT2D eigenvalue weighted by atomic mass is 35.5. The molecule has 0 spiro atoms. The average Bonchev–Trinajstić information content (AvgIpc) is 3.19. The normalized spacial score (nSPS) is 12.4. The van der Waals surface area contributed by atoms with E-state index in [0.717, 1.165) is 17.8 Å². The fraction of sp³-hybridized carbons (Fsp3) is 0.130. The number of amides is 2. The average molecular weight is 440 g/mol. The van der Waals surface area contributed by atoms with Crippen molar-refractivity contribution >= 4 is 52.1 Å². The molecule has 5 nitrogen and oxygen atoms in total. The molecule has 30 heavy (non-hydrogen) atoms. The molecular weight excluding hydrogens is 421 g/mol. The molecule has 0 saturated carbocycles. The number of hydrogen-bond acceptors (Lipinski definition) is 3. The molecule has 0 radical (unpaired) electrons. The third-order valence-corrected chi connectivity index (χ3v) is 5.48. The molecule has 0 aromatic heterocycles. The summed E-state index contributed by atoms with van der Waals surface area (Å²) in [5.74, 6) is -0.284. The smallest absolute Gasteiger partial charge is 0.258 e. The highest BCUT2D eigenvalue weighted by Gasteiger charge is 2.24. The van der Waals surface area contributed by atoms with Gasteiger partial charge in [0.2, 0.25) is 5.91 Å². The van der Waals surface area contributed by atoms with Crippen molar-refractivity contribution in [2.45, 2.75) is 6.42 Å². The van der Waals surface area contributed by atoms with Gasteiger partial charge in [-0.2, -0.15) is 0 Å². The first-order valence-corrected chi connectivity index (χ1v) is 10.3. The van der Waals surface area contributed by atoms with E-state index in [0.29, 0.717) is 27.8 Å². The molecule has 1 aliphatic heterocycles. The van der Waals surface area contributed by atoms with Crippen LogP contribution in [-0.4, -0.2) is 24.9 Å². The molecule has 1 aliphatic rings. The van der Waals surface area contributed by atoms with Crippen LogP contribution in [0.4, 0.5) is 17.1 Å². The molecule has 0 aliphatic carbocycles. The molecule has 2 amide bonds. The van der Waals surface area contributed by atoms with E-state index >= 15 is 0 Å². The van der Waals surface area contributed by atoms with Crippen molar-refractivity contribution in [1.82, 2.24) is 0 Å². The van der Waals surface area contributed by atoms with Gasteiger partial charge in [0.25, 0.3) is 5.91 Å². The lowest BCUT2D eigenvalue weighted by molar-refractivity contribution is -0.114. The van der Waals surface area contributed by atoms with Crippen molar-refractivity contribution in [3.05, 3.63) is 87.9 Å². The van der Waals surface area contributed by atoms with Crippen LogP contribution in [0.15, 0.2) is 66.7 Å². The molecule has 3 aromatic rings. The van der Waals surface area contributed by atoms with Crippen LogP contribution < -0.4 is 15.5 Å². The fourth-order valence-electron chi connectivity index (χ4n) is 3.41. The zero-order valence-electron chi connectivity index (χ0n) is 16.0. The third kappa shape index (κ3) is 4.42. The van der Waals surface area contributed by atoms with Crippen LogP contribution in [0.5, 0.6) is 0 Å². The molecule has 7 heteroatoms. The molecule has 0 atom stereocenters. The Hall–Kier alpha value is -3.02. The number of halogens is 2. The number of fused-ring (bicyclic) bond motifs is 1. The number of carbonyl (C=O) groups excluding carboxylic acids is 2. The van der Waals surface area contributed by atoms with E-state index in [1.54, 1.807) is 47.4 Å². The van der Waals surface area contributed by atoms with Gasteiger partial charge < -0.3 is 15.5 Å². The largest absolute Gasteiger partial charge is 0.376 e. The number of rotatable bonds is 5. The fourth-order valence-corrected chi connectivity index (χ4v) is 3.74. The van der Waals surface area contributed by atoms with Crippen LogP contribution in [-0.2, 0) is 11.2 Å². The second-order valence-corrected chi connectivity index (χ2v) is 7.78. The predicted octanol–water partition coefficient (Wildman–Crippen LogP) is 5.25. The van der Waals surface area contributed by atoms with Crippen LogP contribution in [0.2, 0.25) is 10.0 Å². The maximum Gasteiger partial charge on any atom is 0.258 e. The van der Waals surface area contributed by atoms with Gasteiger partial charge in [-0.25, -0.2) is 0 Å². The van der Waals surface area contributed by atoms with E-state index in [9.17, 15) is 9.59 Å². The van der Waals surface area contributed by atoms with Crippen LogP contribution in [0.3, 0.4) is 0 Å². The molecule has 2 N–H and O–H groups in total. The summed E-state index contributed by atoms with van der Waals surface area (Å²) in [4.78, 5) is 26.9. The first-order valence-electron chi connectivity index (χ1n) is 9.50. The van der Waals surface area contributed by atoms with Crippen molar-refractivity contribution in [3.8, 4) is 0 Å². The van der Waals surface area contributed by atoms with Gasteiger partial charge in [-0.05, 0) is 60.5 Å². The molecule has 1 heterocycles. The van der Waals surface area contributed by atoms with Gasteiger partial charge in [-0.15, -0.1) is 0 Å². The standard InChI is InChI=1S/C23H19Cl2N3O2/c24-17-7-10-19(25)20(13-17)27-22(29)14-26-18-8-5-16(6-9-18)23(30)28-12-11-15-3-1-2-4-21(15)28/h1-10,13,26H,11-12,14H2,(H,27,29). The van der Waals surface area contributed by atoms with Crippen molar-refractivity contribution < 1.29 is 9.59 Å². The van der Waals surface area contributed by atoms with E-state index in [1.165, 1.54) is 5.56 Å². The van der Waals surface area contributed by atoms with Gasteiger partial charge in [0, 0.05) is 28.5 Å². The molecule has 0 fully saturated rings. The molecule has 152 valence electrons. The lowest BCUT2D eigenvalue weighted by Crippen LogP contribution is -2.28. The number of nitrogens with one attached hydrogen (secondary N) is 2. The number of benzene rings is 3. The Morgan fingerprint density at radius 1 is 0.967 bits per heavy atom. The van der Waals surface area contributed by atoms with Crippen LogP contribution in [0.25, 0.3) is 0 Å². The second kappa shape index (κ2) is 8.78. The number of hydrogen-bond donors (Lipinski definition) is 2. The Morgan fingerprint density at radius 2 is 1.73 bits per heavy atom. The maximum atomic E-state index is 12.9. The van der Waals surface area contributed by atoms with E-state index in [4.69, 9.17) is 23.2 Å². The minimum absolute atomic E-state index is 0.0279. The van der Waals surface area contributed by atoms with Crippen LogP contribution in [0, 0.1) is 0 Å². The van der Waals surface area contributed by atoms with Gasteiger partial charge in [0.1, 0.15) is 0 Å². The van der Waals surface area contributed by atoms with Gasteiger partial charge in [-0.3, -0.25) is 9.59 Å². The zero-order chi connectivity index (χ0) is 21.1. The molecule has 0 bridgehead atoms. The van der Waals surface area contributed by atoms with E-state index in [-0.39, 0.29) is 18.4 Å². The number of para-hydroxylation sites is 1. The summed E-state index contributed by atoms with van der Waals surface area (Å²) in [5.41, 5.74) is 3.96. The Morgan fingerprint density at radius 3 is 2.53 bits per heavy atom. The summed E-state index contributed by atoms with van der Waals surface area (Å²) in [7, 11) is 0. The van der Waals surface area contributed by atoms with E-state index in [1.807, 2.05) is 18.2 Å². The second-order valence-electron chi connectivity index (χ2n) is 6.94. The summed E-state index contributed by atoms with van der Waals surface area (Å²) in [6.45, 7) is 0.736. The number of nitrogens with zero attached hydrogens (tertiary/aromatic N) is 1. The van der Waals surface area contributed by atoms with Crippen LogP contribution in [0.1, 0.15) is 15.9 Å².